The first-order valence-corrected chi connectivity index (χ1v) is 7.76. The number of oxime groups is 1. The van der Waals surface area contributed by atoms with Gasteiger partial charge in [-0.05, 0) is 29.1 Å². The van der Waals surface area contributed by atoms with Crippen molar-refractivity contribution in [3.8, 4) is 0 Å². The second kappa shape index (κ2) is 7.07. The van der Waals surface area contributed by atoms with Crippen LogP contribution in [-0.4, -0.2) is 12.3 Å². The zero-order chi connectivity index (χ0) is 16.1. The Morgan fingerprint density at radius 2 is 1.74 bits per heavy atom. The molecule has 3 aromatic rings. The Morgan fingerprint density at radius 1 is 1.00 bits per heavy atom. The molecule has 0 fully saturated rings. The molecule has 0 aliphatic rings. The highest BCUT2D eigenvalue weighted by atomic mass is 79.9. The highest BCUT2D eigenvalue weighted by Crippen LogP contribution is 2.22. The van der Waals surface area contributed by atoms with Gasteiger partial charge in [0.05, 0.1) is 11.9 Å². The molecule has 0 aliphatic heterocycles. The first-order valence-electron chi connectivity index (χ1n) is 6.97. The van der Waals surface area contributed by atoms with Gasteiger partial charge in [0.1, 0.15) is 0 Å². The van der Waals surface area contributed by atoms with Crippen LogP contribution in [0.2, 0.25) is 0 Å². The predicted molar refractivity (Wildman–Crippen MR) is 95.8 cm³/mol. The predicted octanol–water partition coefficient (Wildman–Crippen LogP) is 5.18. The molecule has 23 heavy (non-hydrogen) atoms. The minimum Gasteiger partial charge on any atom is -0.298 e. The molecule has 0 saturated heterocycles. The van der Waals surface area contributed by atoms with E-state index in [1.807, 2.05) is 66.7 Å². The van der Waals surface area contributed by atoms with Gasteiger partial charge < -0.3 is 0 Å². The Balaban J connectivity index is 1.66. The van der Waals surface area contributed by atoms with E-state index in [0.29, 0.717) is 5.69 Å². The van der Waals surface area contributed by atoms with Crippen molar-refractivity contribution in [1.29, 1.82) is 0 Å². The lowest BCUT2D eigenvalue weighted by molar-refractivity contribution is 0.167. The summed E-state index contributed by atoms with van der Waals surface area (Å²) in [6.45, 7) is 0. The number of halogens is 1. The molecule has 1 amide bonds. The average molecular weight is 369 g/mol. The molecule has 0 unspecified atom stereocenters. The summed E-state index contributed by atoms with van der Waals surface area (Å²) >= 11 is 3.35. The SMILES string of the molecule is O=C(Nc1cccc2ccccc12)ON=Cc1ccc(Br)cc1. The molecule has 0 bridgehead atoms. The molecule has 3 aromatic carbocycles. The van der Waals surface area contributed by atoms with Gasteiger partial charge in [-0.3, -0.25) is 10.2 Å². The fourth-order valence-electron chi connectivity index (χ4n) is 2.15. The van der Waals surface area contributed by atoms with Crippen LogP contribution in [0.4, 0.5) is 10.5 Å². The standard InChI is InChI=1S/C18H13BrN2O2/c19-15-10-8-13(9-11-15)12-20-23-18(22)21-17-7-3-5-14-4-1-2-6-16(14)17/h1-12H,(H,21,22). The van der Waals surface area contributed by atoms with Gasteiger partial charge in [0.25, 0.3) is 0 Å². The zero-order valence-electron chi connectivity index (χ0n) is 12.1. The van der Waals surface area contributed by atoms with Gasteiger partial charge in [0.2, 0.25) is 0 Å². The van der Waals surface area contributed by atoms with Crippen LogP contribution in [0.3, 0.4) is 0 Å². The number of amides is 1. The lowest BCUT2D eigenvalue weighted by Gasteiger charge is -2.06. The number of benzene rings is 3. The molecule has 114 valence electrons. The van der Waals surface area contributed by atoms with Crippen molar-refractivity contribution in [3.05, 3.63) is 76.8 Å². The third kappa shape index (κ3) is 3.96. The van der Waals surface area contributed by atoms with E-state index in [2.05, 4.69) is 26.4 Å². The Morgan fingerprint density at radius 3 is 2.57 bits per heavy atom. The molecule has 0 spiro atoms. The Labute approximate surface area is 141 Å². The zero-order valence-corrected chi connectivity index (χ0v) is 13.7. The number of rotatable bonds is 3. The van der Waals surface area contributed by atoms with Crippen LogP contribution in [0.5, 0.6) is 0 Å². The van der Waals surface area contributed by atoms with Gasteiger partial charge in [-0.1, -0.05) is 69.6 Å². The molecule has 0 aromatic heterocycles. The van der Waals surface area contributed by atoms with Crippen LogP contribution in [0.1, 0.15) is 5.56 Å². The Kier molecular flexibility index (Phi) is 4.68. The Bertz CT molecular complexity index is 855. The summed E-state index contributed by atoms with van der Waals surface area (Å²) < 4.78 is 0.976. The highest BCUT2D eigenvalue weighted by molar-refractivity contribution is 9.10. The summed E-state index contributed by atoms with van der Waals surface area (Å²) in [6, 6.07) is 21.0. The van der Waals surface area contributed by atoms with E-state index in [0.717, 1.165) is 20.8 Å². The number of nitrogens with one attached hydrogen (secondary N) is 1. The van der Waals surface area contributed by atoms with Gasteiger partial charge in [-0.25, -0.2) is 4.79 Å². The van der Waals surface area contributed by atoms with Crippen LogP contribution in [0.15, 0.2) is 76.4 Å². The molecule has 1 N–H and O–H groups in total. The number of hydrogen-bond donors (Lipinski definition) is 1. The van der Waals surface area contributed by atoms with Crippen LogP contribution < -0.4 is 5.32 Å². The van der Waals surface area contributed by atoms with Crippen molar-refractivity contribution >= 4 is 44.7 Å². The van der Waals surface area contributed by atoms with Gasteiger partial charge >= 0.3 is 6.09 Å². The second-order valence-corrected chi connectivity index (χ2v) is 5.73. The number of anilines is 1. The fourth-order valence-corrected chi connectivity index (χ4v) is 2.42. The van der Waals surface area contributed by atoms with Crippen molar-refractivity contribution < 1.29 is 9.63 Å². The summed E-state index contributed by atoms with van der Waals surface area (Å²) in [5.74, 6) is 0. The third-order valence-corrected chi connectivity index (χ3v) is 3.76. The molecule has 4 nitrogen and oxygen atoms in total. The average Bonchev–Trinajstić information content (AvgIpc) is 2.57. The molecule has 0 saturated carbocycles. The summed E-state index contributed by atoms with van der Waals surface area (Å²) in [5, 5.41) is 8.39. The Hall–Kier alpha value is -2.66. The number of fused-ring (bicyclic) bond motifs is 1. The quantitative estimate of drug-likeness (QED) is 0.393. The molecular formula is C18H13BrN2O2. The molecular weight excluding hydrogens is 356 g/mol. The lowest BCUT2D eigenvalue weighted by Crippen LogP contribution is -2.11. The number of hydrogen-bond acceptors (Lipinski definition) is 3. The highest BCUT2D eigenvalue weighted by Gasteiger charge is 2.05. The monoisotopic (exact) mass is 368 g/mol. The van der Waals surface area contributed by atoms with E-state index in [4.69, 9.17) is 4.84 Å². The summed E-state index contributed by atoms with van der Waals surface area (Å²) in [7, 11) is 0. The molecule has 0 aliphatic carbocycles. The number of carbonyl (C=O) groups excluding carboxylic acids is 1. The fraction of sp³-hybridized carbons (Fsp3) is 0. The molecule has 3 rings (SSSR count). The van der Waals surface area contributed by atoms with Gasteiger partial charge in [0, 0.05) is 9.86 Å². The van der Waals surface area contributed by atoms with Crippen molar-refractivity contribution in [2.24, 2.45) is 5.16 Å². The maximum Gasteiger partial charge on any atom is 0.437 e. The van der Waals surface area contributed by atoms with E-state index in [9.17, 15) is 4.79 Å². The topological polar surface area (TPSA) is 50.7 Å². The van der Waals surface area contributed by atoms with E-state index in [-0.39, 0.29) is 0 Å². The van der Waals surface area contributed by atoms with Crippen LogP contribution in [0, 0.1) is 0 Å². The smallest absolute Gasteiger partial charge is 0.298 e. The van der Waals surface area contributed by atoms with Gasteiger partial charge in [0.15, 0.2) is 0 Å². The largest absolute Gasteiger partial charge is 0.437 e. The van der Waals surface area contributed by atoms with Crippen molar-refractivity contribution in [3.63, 3.8) is 0 Å². The normalized spacial score (nSPS) is 10.8. The van der Waals surface area contributed by atoms with Crippen LogP contribution in [-0.2, 0) is 4.84 Å². The summed E-state index contributed by atoms with van der Waals surface area (Å²) in [6.07, 6.45) is 0.851. The number of nitrogens with zero attached hydrogens (tertiary/aromatic N) is 1. The first-order chi connectivity index (χ1) is 11.2. The van der Waals surface area contributed by atoms with E-state index in [1.54, 1.807) is 0 Å². The van der Waals surface area contributed by atoms with Crippen LogP contribution >= 0.6 is 15.9 Å². The number of carbonyl (C=O) groups is 1. The van der Waals surface area contributed by atoms with E-state index in [1.165, 1.54) is 6.21 Å². The van der Waals surface area contributed by atoms with Gasteiger partial charge in [-0.15, -0.1) is 0 Å². The molecule has 5 heteroatoms. The summed E-state index contributed by atoms with van der Waals surface area (Å²) in [5.41, 5.74) is 1.53. The van der Waals surface area contributed by atoms with Crippen molar-refractivity contribution in [1.82, 2.24) is 0 Å². The maximum absolute atomic E-state index is 11.8. The minimum absolute atomic E-state index is 0.630. The third-order valence-electron chi connectivity index (χ3n) is 3.23. The minimum atomic E-state index is -0.630. The van der Waals surface area contributed by atoms with E-state index < -0.39 is 6.09 Å². The molecule has 0 heterocycles. The van der Waals surface area contributed by atoms with E-state index >= 15 is 0 Å². The summed E-state index contributed by atoms with van der Waals surface area (Å²) in [4.78, 5) is 16.7. The van der Waals surface area contributed by atoms with Crippen LogP contribution in [0.25, 0.3) is 10.8 Å². The molecule has 0 radical (unpaired) electrons. The maximum atomic E-state index is 11.8. The first kappa shape index (κ1) is 15.2. The van der Waals surface area contributed by atoms with Crippen molar-refractivity contribution in [2.75, 3.05) is 5.32 Å². The molecule has 0 atom stereocenters. The second-order valence-electron chi connectivity index (χ2n) is 4.82. The van der Waals surface area contributed by atoms with Crippen molar-refractivity contribution in [2.45, 2.75) is 0 Å². The van der Waals surface area contributed by atoms with Gasteiger partial charge in [-0.2, -0.15) is 0 Å². The lowest BCUT2D eigenvalue weighted by atomic mass is 10.1.